The molecule has 0 fully saturated rings. The standard InChI is InChI=1S/C10H12N4/c1-3-9-12-6-7-14(9)10-4-5-11-8(2)13-10/h4-7H,3H2,1-2H3. The monoisotopic (exact) mass is 188 g/mol. The minimum atomic E-state index is 0.776. The number of nitrogens with zero attached hydrogens (tertiary/aromatic N) is 4. The maximum Gasteiger partial charge on any atom is 0.141 e. The Kier molecular flexibility index (Phi) is 2.26. The third-order valence-corrected chi connectivity index (χ3v) is 2.04. The van der Waals surface area contributed by atoms with Crippen LogP contribution in [0, 0.1) is 6.92 Å². The van der Waals surface area contributed by atoms with Gasteiger partial charge in [-0.1, -0.05) is 6.92 Å². The molecule has 2 aromatic rings. The molecule has 0 unspecified atom stereocenters. The van der Waals surface area contributed by atoms with Gasteiger partial charge in [0.2, 0.25) is 0 Å². The SMILES string of the molecule is CCc1nccn1-c1ccnc(C)n1. The maximum absolute atomic E-state index is 4.34. The third kappa shape index (κ3) is 1.51. The van der Waals surface area contributed by atoms with Crippen molar-refractivity contribution < 1.29 is 0 Å². The second-order valence-corrected chi connectivity index (χ2v) is 3.03. The number of hydrogen-bond acceptors (Lipinski definition) is 3. The minimum absolute atomic E-state index is 0.776. The van der Waals surface area contributed by atoms with E-state index in [0.29, 0.717) is 0 Å². The van der Waals surface area contributed by atoms with Crippen molar-refractivity contribution in [1.29, 1.82) is 0 Å². The fourth-order valence-corrected chi connectivity index (χ4v) is 1.38. The third-order valence-electron chi connectivity index (χ3n) is 2.04. The summed E-state index contributed by atoms with van der Waals surface area (Å²) in [6.45, 7) is 3.96. The zero-order chi connectivity index (χ0) is 9.97. The van der Waals surface area contributed by atoms with Gasteiger partial charge in [0, 0.05) is 25.0 Å². The molecule has 72 valence electrons. The van der Waals surface area contributed by atoms with Crippen LogP contribution < -0.4 is 0 Å². The van der Waals surface area contributed by atoms with Crippen LogP contribution in [0.25, 0.3) is 5.82 Å². The second-order valence-electron chi connectivity index (χ2n) is 3.03. The van der Waals surface area contributed by atoms with Crippen LogP contribution in [0.5, 0.6) is 0 Å². The molecule has 0 radical (unpaired) electrons. The van der Waals surface area contributed by atoms with Gasteiger partial charge in [0.15, 0.2) is 0 Å². The summed E-state index contributed by atoms with van der Waals surface area (Å²) in [5.74, 6) is 2.67. The van der Waals surface area contributed by atoms with E-state index in [4.69, 9.17) is 0 Å². The van der Waals surface area contributed by atoms with Gasteiger partial charge in [0.1, 0.15) is 17.5 Å². The molecule has 0 amide bonds. The predicted molar refractivity (Wildman–Crippen MR) is 53.3 cm³/mol. The van der Waals surface area contributed by atoms with Crippen LogP contribution in [0.15, 0.2) is 24.7 Å². The van der Waals surface area contributed by atoms with Crippen LogP contribution in [0.4, 0.5) is 0 Å². The summed E-state index contributed by atoms with van der Waals surface area (Å²) in [5.41, 5.74) is 0. The van der Waals surface area contributed by atoms with Crippen LogP contribution >= 0.6 is 0 Å². The summed E-state index contributed by atoms with van der Waals surface area (Å²) in [5, 5.41) is 0. The van der Waals surface area contributed by atoms with Crippen LogP contribution in [-0.2, 0) is 6.42 Å². The first kappa shape index (κ1) is 8.87. The maximum atomic E-state index is 4.34. The Morgan fingerprint density at radius 3 is 2.86 bits per heavy atom. The molecule has 4 nitrogen and oxygen atoms in total. The summed E-state index contributed by atoms with van der Waals surface area (Å²) < 4.78 is 1.98. The molecule has 4 heteroatoms. The molecular formula is C10H12N4. The molecule has 0 N–H and O–H groups in total. The average molecular weight is 188 g/mol. The van der Waals surface area contributed by atoms with Crippen molar-refractivity contribution in [3.63, 3.8) is 0 Å². The highest BCUT2D eigenvalue weighted by molar-refractivity contribution is 5.23. The normalized spacial score (nSPS) is 10.4. The zero-order valence-electron chi connectivity index (χ0n) is 8.31. The highest BCUT2D eigenvalue weighted by atomic mass is 15.1. The number of imidazole rings is 1. The van der Waals surface area contributed by atoms with E-state index in [0.717, 1.165) is 23.9 Å². The Hall–Kier alpha value is -1.71. The molecule has 14 heavy (non-hydrogen) atoms. The van der Waals surface area contributed by atoms with Crippen molar-refractivity contribution in [1.82, 2.24) is 19.5 Å². The number of aryl methyl sites for hydroxylation is 2. The largest absolute Gasteiger partial charge is 0.288 e. The lowest BCUT2D eigenvalue weighted by molar-refractivity contribution is 0.851. The molecule has 0 saturated carbocycles. The Balaban J connectivity index is 2.49. The molecule has 0 aliphatic rings. The van der Waals surface area contributed by atoms with Gasteiger partial charge in [0.05, 0.1) is 0 Å². The molecule has 0 bridgehead atoms. The molecule has 0 spiro atoms. The van der Waals surface area contributed by atoms with Gasteiger partial charge in [-0.05, 0) is 13.0 Å². The minimum Gasteiger partial charge on any atom is -0.288 e. The molecule has 2 heterocycles. The Labute approximate surface area is 82.7 Å². The first-order valence-corrected chi connectivity index (χ1v) is 4.63. The Bertz CT molecular complexity index is 433. The Morgan fingerprint density at radius 2 is 2.14 bits per heavy atom. The fraction of sp³-hybridized carbons (Fsp3) is 0.300. The van der Waals surface area contributed by atoms with Crippen LogP contribution in [0.2, 0.25) is 0 Å². The lowest BCUT2D eigenvalue weighted by Crippen LogP contribution is -2.02. The van der Waals surface area contributed by atoms with Crippen LogP contribution in [0.1, 0.15) is 18.6 Å². The molecular weight excluding hydrogens is 176 g/mol. The molecule has 2 aromatic heterocycles. The smallest absolute Gasteiger partial charge is 0.141 e. The van der Waals surface area contributed by atoms with Crippen LogP contribution in [0.3, 0.4) is 0 Å². The molecule has 0 atom stereocenters. The van der Waals surface area contributed by atoms with E-state index in [1.54, 1.807) is 12.4 Å². The van der Waals surface area contributed by atoms with Crippen molar-refractivity contribution in [3.05, 3.63) is 36.3 Å². The van der Waals surface area contributed by atoms with E-state index >= 15 is 0 Å². The van der Waals surface area contributed by atoms with E-state index in [-0.39, 0.29) is 0 Å². The van der Waals surface area contributed by atoms with Crippen molar-refractivity contribution in [2.75, 3.05) is 0 Å². The van der Waals surface area contributed by atoms with Crippen molar-refractivity contribution >= 4 is 0 Å². The van der Waals surface area contributed by atoms with Crippen molar-refractivity contribution in [2.45, 2.75) is 20.3 Å². The zero-order valence-corrected chi connectivity index (χ0v) is 8.31. The van der Waals surface area contributed by atoms with Gasteiger partial charge in [-0.3, -0.25) is 4.57 Å². The highest BCUT2D eigenvalue weighted by Gasteiger charge is 2.03. The van der Waals surface area contributed by atoms with Crippen molar-refractivity contribution in [2.24, 2.45) is 0 Å². The number of hydrogen-bond donors (Lipinski definition) is 0. The molecule has 2 rings (SSSR count). The van der Waals surface area contributed by atoms with Crippen molar-refractivity contribution in [3.8, 4) is 5.82 Å². The average Bonchev–Trinajstić information content (AvgIpc) is 2.65. The second kappa shape index (κ2) is 3.57. The summed E-state index contributed by atoms with van der Waals surface area (Å²) >= 11 is 0. The van der Waals surface area contributed by atoms with E-state index < -0.39 is 0 Å². The topological polar surface area (TPSA) is 43.6 Å². The predicted octanol–water partition coefficient (Wildman–Crippen LogP) is 1.53. The lowest BCUT2D eigenvalue weighted by atomic mass is 10.4. The van der Waals surface area contributed by atoms with Crippen LogP contribution in [-0.4, -0.2) is 19.5 Å². The molecule has 0 saturated heterocycles. The van der Waals surface area contributed by atoms with E-state index in [9.17, 15) is 0 Å². The first-order valence-electron chi connectivity index (χ1n) is 4.63. The summed E-state index contributed by atoms with van der Waals surface area (Å²) in [4.78, 5) is 12.6. The quantitative estimate of drug-likeness (QED) is 0.717. The summed E-state index contributed by atoms with van der Waals surface area (Å²) in [6, 6.07) is 1.88. The summed E-state index contributed by atoms with van der Waals surface area (Å²) in [7, 11) is 0. The fourth-order valence-electron chi connectivity index (χ4n) is 1.38. The van der Waals surface area contributed by atoms with Gasteiger partial charge in [-0.25, -0.2) is 15.0 Å². The van der Waals surface area contributed by atoms with Gasteiger partial charge in [-0.2, -0.15) is 0 Å². The molecule has 0 aliphatic heterocycles. The summed E-state index contributed by atoms with van der Waals surface area (Å²) in [6.07, 6.45) is 6.37. The first-order chi connectivity index (χ1) is 6.81. The van der Waals surface area contributed by atoms with Gasteiger partial charge < -0.3 is 0 Å². The van der Waals surface area contributed by atoms with E-state index in [1.807, 2.05) is 23.8 Å². The van der Waals surface area contributed by atoms with E-state index in [1.165, 1.54) is 0 Å². The van der Waals surface area contributed by atoms with E-state index in [2.05, 4.69) is 21.9 Å². The van der Waals surface area contributed by atoms with Gasteiger partial charge in [0.25, 0.3) is 0 Å². The molecule has 0 aromatic carbocycles. The highest BCUT2D eigenvalue weighted by Crippen LogP contribution is 2.07. The number of aromatic nitrogens is 4. The van der Waals surface area contributed by atoms with Gasteiger partial charge >= 0.3 is 0 Å². The van der Waals surface area contributed by atoms with Gasteiger partial charge in [-0.15, -0.1) is 0 Å². The Morgan fingerprint density at radius 1 is 1.29 bits per heavy atom. The lowest BCUT2D eigenvalue weighted by Gasteiger charge is -2.04. The number of rotatable bonds is 2. The molecule has 0 aliphatic carbocycles.